The van der Waals surface area contributed by atoms with Gasteiger partial charge in [0.05, 0.1) is 11.4 Å². The second-order valence-corrected chi connectivity index (χ2v) is 7.59. The first-order chi connectivity index (χ1) is 14.1. The Kier molecular flexibility index (Phi) is 4.06. The van der Waals surface area contributed by atoms with Crippen LogP contribution >= 0.6 is 0 Å². The first kappa shape index (κ1) is 17.4. The molecule has 2 N–H and O–H groups in total. The zero-order valence-corrected chi connectivity index (χ0v) is 16.4. The van der Waals surface area contributed by atoms with Crippen LogP contribution in [0.1, 0.15) is 28.3 Å². The van der Waals surface area contributed by atoms with E-state index in [0.29, 0.717) is 0 Å². The predicted octanol–water partition coefficient (Wildman–Crippen LogP) is 5.44. The topological polar surface area (TPSA) is 57.8 Å². The summed E-state index contributed by atoms with van der Waals surface area (Å²) < 4.78 is 0. The van der Waals surface area contributed by atoms with Gasteiger partial charge in [-0.05, 0) is 25.5 Å². The molecule has 1 aromatic heterocycles. The molecule has 4 nitrogen and oxygen atoms in total. The smallest absolute Gasteiger partial charge is 0.238 e. The van der Waals surface area contributed by atoms with E-state index in [1.165, 1.54) is 5.56 Å². The third-order valence-electron chi connectivity index (χ3n) is 5.43. The molecular formula is C25H21N3O. The lowest BCUT2D eigenvalue weighted by Crippen LogP contribution is -2.14. The van der Waals surface area contributed by atoms with Gasteiger partial charge in [0.25, 0.3) is 0 Å². The van der Waals surface area contributed by atoms with Crippen molar-refractivity contribution >= 4 is 11.6 Å². The van der Waals surface area contributed by atoms with Crippen LogP contribution in [0.25, 0.3) is 22.6 Å². The van der Waals surface area contributed by atoms with E-state index in [-0.39, 0.29) is 5.91 Å². The van der Waals surface area contributed by atoms with Crippen molar-refractivity contribution in [2.45, 2.75) is 19.8 Å². The van der Waals surface area contributed by atoms with Gasteiger partial charge < -0.3 is 10.3 Å². The highest BCUT2D eigenvalue weighted by atomic mass is 16.2. The fraction of sp³-hybridized carbons (Fsp3) is 0.120. The average Bonchev–Trinajstić information content (AvgIpc) is 3.29. The number of H-pyrrole nitrogens is 1. The Morgan fingerprint density at radius 1 is 0.828 bits per heavy atom. The van der Waals surface area contributed by atoms with Gasteiger partial charge in [-0.1, -0.05) is 77.9 Å². The summed E-state index contributed by atoms with van der Waals surface area (Å²) in [6.07, 6.45) is 0. The molecule has 0 radical (unpaired) electrons. The lowest BCUT2D eigenvalue weighted by atomic mass is 9.93. The molecule has 1 amide bonds. The number of imidazole rings is 1. The summed E-state index contributed by atoms with van der Waals surface area (Å²) in [4.78, 5) is 21.4. The van der Waals surface area contributed by atoms with Gasteiger partial charge in [0.2, 0.25) is 5.91 Å². The maximum absolute atomic E-state index is 13.0. The number of benzene rings is 3. The Labute approximate surface area is 169 Å². The summed E-state index contributed by atoms with van der Waals surface area (Å²) in [7, 11) is 0. The number of fused-ring (bicyclic) bond motifs is 1. The van der Waals surface area contributed by atoms with Gasteiger partial charge in [-0.2, -0.15) is 0 Å². The molecule has 0 aliphatic carbocycles. The Bertz CT molecular complexity index is 1210. The van der Waals surface area contributed by atoms with Gasteiger partial charge in [0, 0.05) is 16.8 Å². The summed E-state index contributed by atoms with van der Waals surface area (Å²) in [5.41, 5.74) is 7.82. The van der Waals surface area contributed by atoms with Gasteiger partial charge in [-0.25, -0.2) is 4.98 Å². The summed E-state index contributed by atoms with van der Waals surface area (Å²) >= 11 is 0. The lowest BCUT2D eigenvalue weighted by molar-refractivity contribution is -0.116. The number of nitrogens with zero attached hydrogens (tertiary/aromatic N) is 1. The van der Waals surface area contributed by atoms with Crippen molar-refractivity contribution in [3.05, 3.63) is 95.2 Å². The zero-order chi connectivity index (χ0) is 20.0. The normalized spacial score (nSPS) is 15.2. The summed E-state index contributed by atoms with van der Waals surface area (Å²) in [5.74, 6) is 0.332. The number of amides is 1. The van der Waals surface area contributed by atoms with Crippen molar-refractivity contribution in [1.82, 2.24) is 9.97 Å². The average molecular weight is 379 g/mol. The van der Waals surface area contributed by atoms with Crippen LogP contribution in [0.5, 0.6) is 0 Å². The molecule has 29 heavy (non-hydrogen) atoms. The number of hydrogen-bond acceptors (Lipinski definition) is 2. The third-order valence-corrected chi connectivity index (χ3v) is 5.43. The Hall–Kier alpha value is -3.66. The van der Waals surface area contributed by atoms with Crippen molar-refractivity contribution in [3.63, 3.8) is 0 Å². The van der Waals surface area contributed by atoms with Crippen LogP contribution in [0, 0.1) is 13.8 Å². The second-order valence-electron chi connectivity index (χ2n) is 7.59. The number of hydrogen-bond donors (Lipinski definition) is 2. The fourth-order valence-corrected chi connectivity index (χ4v) is 3.93. The maximum atomic E-state index is 13.0. The van der Waals surface area contributed by atoms with Gasteiger partial charge in [0.15, 0.2) is 0 Å². The van der Waals surface area contributed by atoms with E-state index in [1.807, 2.05) is 49.4 Å². The summed E-state index contributed by atoms with van der Waals surface area (Å²) in [5, 5.41) is 3.02. The number of aromatic amines is 1. The number of carbonyl (C=O) groups excluding carboxylic acids is 1. The molecule has 4 aromatic rings. The van der Waals surface area contributed by atoms with Gasteiger partial charge in [-0.15, -0.1) is 0 Å². The minimum atomic E-state index is -0.411. The van der Waals surface area contributed by atoms with E-state index in [0.717, 1.165) is 45.2 Å². The molecule has 1 aliphatic heterocycles. The number of aryl methyl sites for hydroxylation is 2. The zero-order valence-electron chi connectivity index (χ0n) is 16.4. The van der Waals surface area contributed by atoms with E-state index < -0.39 is 5.92 Å². The van der Waals surface area contributed by atoms with Crippen molar-refractivity contribution in [3.8, 4) is 22.6 Å². The van der Waals surface area contributed by atoms with E-state index in [9.17, 15) is 4.79 Å². The highest BCUT2D eigenvalue weighted by Gasteiger charge is 2.35. The number of rotatable bonds is 3. The lowest BCUT2D eigenvalue weighted by Gasteiger charge is -2.10. The first-order valence-corrected chi connectivity index (χ1v) is 9.74. The summed E-state index contributed by atoms with van der Waals surface area (Å²) in [6, 6.07) is 24.4. The van der Waals surface area contributed by atoms with Crippen molar-refractivity contribution in [2.75, 3.05) is 5.32 Å². The van der Waals surface area contributed by atoms with Gasteiger partial charge >= 0.3 is 0 Å². The Morgan fingerprint density at radius 3 is 2.31 bits per heavy atom. The maximum Gasteiger partial charge on any atom is 0.238 e. The van der Waals surface area contributed by atoms with Crippen molar-refractivity contribution in [2.24, 2.45) is 0 Å². The van der Waals surface area contributed by atoms with Crippen molar-refractivity contribution in [1.29, 1.82) is 0 Å². The fourth-order valence-electron chi connectivity index (χ4n) is 3.93. The molecule has 5 rings (SSSR count). The van der Waals surface area contributed by atoms with Crippen LogP contribution in [0.4, 0.5) is 5.69 Å². The monoisotopic (exact) mass is 379 g/mol. The molecule has 0 saturated carbocycles. The highest BCUT2D eigenvalue weighted by Crippen LogP contribution is 2.41. The Morgan fingerprint density at radius 2 is 1.55 bits per heavy atom. The van der Waals surface area contributed by atoms with E-state index in [2.05, 4.69) is 47.6 Å². The van der Waals surface area contributed by atoms with Crippen LogP contribution in [-0.4, -0.2) is 15.9 Å². The molecule has 1 atom stereocenters. The predicted molar refractivity (Wildman–Crippen MR) is 116 cm³/mol. The highest BCUT2D eigenvalue weighted by molar-refractivity contribution is 6.05. The molecule has 142 valence electrons. The minimum absolute atomic E-state index is 0.0257. The molecule has 1 aliphatic rings. The van der Waals surface area contributed by atoms with Crippen LogP contribution in [0.3, 0.4) is 0 Å². The van der Waals surface area contributed by atoms with Crippen molar-refractivity contribution < 1.29 is 4.79 Å². The molecular weight excluding hydrogens is 358 g/mol. The SMILES string of the molecule is Cc1ccc(-c2nc(-c3ccccc3)[nH]c2C2C(=O)Nc3ccc(C)cc32)cc1. The third kappa shape index (κ3) is 3.03. The van der Waals surface area contributed by atoms with E-state index in [1.54, 1.807) is 0 Å². The van der Waals surface area contributed by atoms with Crippen LogP contribution < -0.4 is 5.32 Å². The van der Waals surface area contributed by atoms with Crippen LogP contribution in [0.2, 0.25) is 0 Å². The number of nitrogens with one attached hydrogen (secondary N) is 2. The minimum Gasteiger partial charge on any atom is -0.340 e. The largest absolute Gasteiger partial charge is 0.340 e. The Balaban J connectivity index is 1.72. The number of aromatic nitrogens is 2. The molecule has 4 heteroatoms. The first-order valence-electron chi connectivity index (χ1n) is 9.74. The quantitative estimate of drug-likeness (QED) is 0.498. The van der Waals surface area contributed by atoms with Gasteiger partial charge in [0.1, 0.15) is 11.7 Å². The van der Waals surface area contributed by atoms with E-state index in [4.69, 9.17) is 4.98 Å². The number of anilines is 1. The second kappa shape index (κ2) is 6.74. The number of carbonyl (C=O) groups is 1. The molecule has 0 saturated heterocycles. The van der Waals surface area contributed by atoms with Gasteiger partial charge in [-0.3, -0.25) is 4.79 Å². The van der Waals surface area contributed by atoms with Crippen LogP contribution in [-0.2, 0) is 4.79 Å². The molecule has 2 heterocycles. The van der Waals surface area contributed by atoms with E-state index >= 15 is 0 Å². The summed E-state index contributed by atoms with van der Waals surface area (Å²) in [6.45, 7) is 4.11. The molecule has 1 unspecified atom stereocenters. The molecule has 0 spiro atoms. The molecule has 3 aromatic carbocycles. The molecule has 0 fully saturated rings. The standard InChI is InChI=1S/C25H21N3O/c1-15-8-11-17(12-9-15)22-23(28-24(27-22)18-6-4-3-5-7-18)21-19-14-16(2)10-13-20(19)26-25(21)29/h3-14,21H,1-2H3,(H,26,29)(H,27,28). The van der Waals surface area contributed by atoms with Crippen LogP contribution in [0.15, 0.2) is 72.8 Å². The molecule has 0 bridgehead atoms.